The molecule has 0 aliphatic heterocycles. The van der Waals surface area contributed by atoms with Crippen LogP contribution >= 0.6 is 7.82 Å². The Morgan fingerprint density at radius 1 is 1.12 bits per heavy atom. The monoisotopic (exact) mass is 348 g/mol. The first kappa shape index (κ1) is 18.1. The van der Waals surface area contributed by atoms with Crippen molar-refractivity contribution in [2.75, 3.05) is 6.61 Å². The van der Waals surface area contributed by atoms with Gasteiger partial charge in [0.15, 0.2) is 0 Å². The van der Waals surface area contributed by atoms with Crippen molar-refractivity contribution in [3.63, 3.8) is 0 Å². The van der Waals surface area contributed by atoms with E-state index in [1.54, 1.807) is 12.1 Å². The average Bonchev–Trinajstić information content (AvgIpc) is 2.60. The highest BCUT2D eigenvalue weighted by atomic mass is 31.2. The lowest BCUT2D eigenvalue weighted by Gasteiger charge is -2.12. The normalized spacial score (nSPS) is 13.1. The number of benzene rings is 2. The van der Waals surface area contributed by atoms with Crippen LogP contribution in [0.3, 0.4) is 0 Å². The summed E-state index contributed by atoms with van der Waals surface area (Å²) in [6, 6.07) is 16.5. The maximum absolute atomic E-state index is 12.0. The molecule has 0 radical (unpaired) electrons. The van der Waals surface area contributed by atoms with Crippen molar-refractivity contribution in [1.29, 1.82) is 0 Å². The molecule has 1 atom stereocenters. The Labute approximate surface area is 139 Å². The molecule has 0 aromatic heterocycles. The molecule has 0 amide bonds. The van der Waals surface area contributed by atoms with E-state index in [-0.39, 0.29) is 12.2 Å². The highest BCUT2D eigenvalue weighted by Crippen LogP contribution is 2.43. The van der Waals surface area contributed by atoms with E-state index in [1.807, 2.05) is 42.5 Å². The molecule has 126 valence electrons. The second-order valence-corrected chi connectivity index (χ2v) is 6.07. The molecule has 2 rings (SSSR count). The third-order valence-electron chi connectivity index (χ3n) is 3.08. The highest BCUT2D eigenvalue weighted by Gasteiger charge is 2.26. The van der Waals surface area contributed by atoms with Gasteiger partial charge in [-0.3, -0.25) is 9.41 Å². The number of hydrogen-bond acceptors (Lipinski definition) is 5. The molecule has 1 unspecified atom stereocenters. The molecule has 0 heterocycles. The maximum Gasteiger partial charge on any atom is 0.508 e. The number of hydrogen-bond donors (Lipinski definition) is 1. The lowest BCUT2D eigenvalue weighted by molar-refractivity contribution is -0.216. The summed E-state index contributed by atoms with van der Waals surface area (Å²) < 4.78 is 20.0. The van der Waals surface area contributed by atoms with E-state index in [0.717, 1.165) is 11.1 Å². The summed E-state index contributed by atoms with van der Waals surface area (Å²) in [6.45, 7) is 5.13. The molecule has 0 saturated carbocycles. The van der Waals surface area contributed by atoms with Gasteiger partial charge < -0.3 is 4.89 Å². The van der Waals surface area contributed by atoms with Crippen molar-refractivity contribution < 1.29 is 28.3 Å². The fraction of sp³-hybridized carbons (Fsp3) is 0.118. The van der Waals surface area contributed by atoms with Crippen LogP contribution in [0.1, 0.15) is 12.5 Å². The summed E-state index contributed by atoms with van der Waals surface area (Å²) in [4.78, 5) is 25.7. The standard InChI is InChI=1S/C17H17O6P/c1-3-21-24(19,20)23-22-17(18)13(2)15-11-7-8-12-16(15)14-9-5-4-6-10-14/h4-12H,2-3H2,1H3,(H,19,20). The van der Waals surface area contributed by atoms with Gasteiger partial charge in [0.2, 0.25) is 0 Å². The largest absolute Gasteiger partial charge is 0.508 e. The van der Waals surface area contributed by atoms with Crippen LogP contribution in [0.15, 0.2) is 61.2 Å². The van der Waals surface area contributed by atoms with Crippen molar-refractivity contribution in [2.45, 2.75) is 6.92 Å². The van der Waals surface area contributed by atoms with Gasteiger partial charge in [0.05, 0.1) is 12.2 Å². The van der Waals surface area contributed by atoms with E-state index >= 15 is 0 Å². The molecule has 7 heteroatoms. The third-order valence-corrected chi connectivity index (χ3v) is 3.93. The molecular formula is C17H17O6P. The van der Waals surface area contributed by atoms with E-state index in [0.29, 0.717) is 5.56 Å². The van der Waals surface area contributed by atoms with Gasteiger partial charge in [-0.1, -0.05) is 65.9 Å². The first-order valence-corrected chi connectivity index (χ1v) is 8.66. The zero-order valence-corrected chi connectivity index (χ0v) is 13.9. The van der Waals surface area contributed by atoms with Crippen molar-refractivity contribution in [3.8, 4) is 11.1 Å². The van der Waals surface area contributed by atoms with Crippen LogP contribution in [0.4, 0.5) is 0 Å². The summed E-state index contributed by atoms with van der Waals surface area (Å²) >= 11 is 0. The van der Waals surface area contributed by atoms with E-state index in [2.05, 4.69) is 20.7 Å². The Morgan fingerprint density at radius 3 is 2.42 bits per heavy atom. The average molecular weight is 348 g/mol. The minimum Gasteiger partial charge on any atom is -0.300 e. The zero-order chi connectivity index (χ0) is 17.6. The number of carbonyl (C=O) groups excluding carboxylic acids is 1. The Morgan fingerprint density at radius 2 is 1.75 bits per heavy atom. The molecule has 0 spiro atoms. The van der Waals surface area contributed by atoms with Gasteiger partial charge >= 0.3 is 13.8 Å². The fourth-order valence-corrected chi connectivity index (χ4v) is 2.57. The fourth-order valence-electron chi connectivity index (χ4n) is 2.04. The predicted molar refractivity (Wildman–Crippen MR) is 89.5 cm³/mol. The molecule has 2 aromatic carbocycles. The van der Waals surface area contributed by atoms with Crippen molar-refractivity contribution in [1.82, 2.24) is 0 Å². The minimum absolute atomic E-state index is 0.00838. The molecule has 1 N–H and O–H groups in total. The summed E-state index contributed by atoms with van der Waals surface area (Å²) in [5.74, 6) is -0.979. The van der Waals surface area contributed by atoms with Gasteiger partial charge in [-0.05, 0) is 23.6 Å². The molecular weight excluding hydrogens is 331 g/mol. The third kappa shape index (κ3) is 4.63. The second kappa shape index (κ2) is 8.04. The first-order chi connectivity index (χ1) is 11.4. The lowest BCUT2D eigenvalue weighted by atomic mass is 9.95. The molecule has 0 saturated heterocycles. The molecule has 0 aliphatic rings. The van der Waals surface area contributed by atoms with Gasteiger partial charge in [-0.25, -0.2) is 9.36 Å². The van der Waals surface area contributed by atoms with Crippen LogP contribution in [-0.2, 0) is 23.4 Å². The molecule has 24 heavy (non-hydrogen) atoms. The Kier molecular flexibility index (Phi) is 6.06. The van der Waals surface area contributed by atoms with Crippen molar-refractivity contribution in [3.05, 3.63) is 66.7 Å². The molecule has 2 aromatic rings. The van der Waals surface area contributed by atoms with E-state index in [9.17, 15) is 14.3 Å². The number of phosphoric acid groups is 1. The van der Waals surface area contributed by atoms with E-state index < -0.39 is 13.8 Å². The molecule has 6 nitrogen and oxygen atoms in total. The summed E-state index contributed by atoms with van der Waals surface area (Å²) in [7, 11) is -4.43. The topological polar surface area (TPSA) is 82.1 Å². The van der Waals surface area contributed by atoms with Crippen LogP contribution in [0.5, 0.6) is 0 Å². The van der Waals surface area contributed by atoms with E-state index in [4.69, 9.17) is 0 Å². The van der Waals surface area contributed by atoms with Crippen LogP contribution in [-0.4, -0.2) is 17.5 Å². The summed E-state index contributed by atoms with van der Waals surface area (Å²) in [5.41, 5.74) is 2.19. The SMILES string of the molecule is C=C(C(=O)OOP(=O)(O)OCC)c1ccccc1-c1ccccc1. The summed E-state index contributed by atoms with van der Waals surface area (Å²) in [6.07, 6.45) is 0. The number of phosphoric ester groups is 1. The minimum atomic E-state index is -4.43. The van der Waals surface area contributed by atoms with Crippen LogP contribution < -0.4 is 0 Å². The van der Waals surface area contributed by atoms with Gasteiger partial charge in [-0.2, -0.15) is 0 Å². The lowest BCUT2D eigenvalue weighted by Crippen LogP contribution is -2.08. The molecule has 0 bridgehead atoms. The Bertz CT molecular complexity index is 772. The summed E-state index contributed by atoms with van der Waals surface area (Å²) in [5, 5.41) is 0. The van der Waals surface area contributed by atoms with Crippen molar-refractivity contribution in [2.24, 2.45) is 0 Å². The Hall–Kier alpha value is -2.24. The van der Waals surface area contributed by atoms with Gasteiger partial charge in [-0.15, -0.1) is 0 Å². The second-order valence-electron chi connectivity index (χ2n) is 4.72. The van der Waals surface area contributed by atoms with Gasteiger partial charge in [0, 0.05) is 0 Å². The van der Waals surface area contributed by atoms with E-state index in [1.165, 1.54) is 6.92 Å². The van der Waals surface area contributed by atoms with Crippen LogP contribution in [0.2, 0.25) is 0 Å². The first-order valence-electron chi connectivity index (χ1n) is 7.16. The van der Waals surface area contributed by atoms with Gasteiger partial charge in [0.1, 0.15) is 0 Å². The molecule has 0 fully saturated rings. The van der Waals surface area contributed by atoms with Crippen molar-refractivity contribution >= 4 is 19.4 Å². The highest BCUT2D eigenvalue weighted by molar-refractivity contribution is 7.47. The maximum atomic E-state index is 12.0. The number of rotatable bonds is 7. The smallest absolute Gasteiger partial charge is 0.300 e. The predicted octanol–water partition coefficient (Wildman–Crippen LogP) is 3.98. The van der Waals surface area contributed by atoms with Crippen LogP contribution in [0, 0.1) is 0 Å². The number of carbonyl (C=O) groups is 1. The van der Waals surface area contributed by atoms with Gasteiger partial charge in [0.25, 0.3) is 0 Å². The quantitative estimate of drug-likeness (QED) is 0.353. The molecule has 0 aliphatic carbocycles. The zero-order valence-electron chi connectivity index (χ0n) is 13.0. The Balaban J connectivity index is 2.19. The van der Waals surface area contributed by atoms with Crippen LogP contribution in [0.25, 0.3) is 16.7 Å².